The highest BCUT2D eigenvalue weighted by Gasteiger charge is 2.24. The number of halogens is 2. The molecule has 0 spiro atoms. The molecule has 0 saturated heterocycles. The Morgan fingerprint density at radius 3 is 2.85 bits per heavy atom. The van der Waals surface area contributed by atoms with Gasteiger partial charge in [0.1, 0.15) is 11.6 Å². The number of nitrogens with zero attached hydrogens (tertiary/aromatic N) is 3. The quantitative estimate of drug-likeness (QED) is 0.441. The molecule has 0 aliphatic carbocycles. The molecule has 4 aromatic rings. The van der Waals surface area contributed by atoms with Crippen LogP contribution in [0.1, 0.15) is 17.8 Å². The highest BCUT2D eigenvalue weighted by molar-refractivity contribution is 6.31. The summed E-state index contributed by atoms with van der Waals surface area (Å²) in [5, 5.41) is 1.22. The normalized spacial score (nSPS) is 13.3. The number of pyridine rings is 1. The van der Waals surface area contributed by atoms with Crippen LogP contribution >= 0.6 is 11.6 Å². The highest BCUT2D eigenvalue weighted by atomic mass is 35.5. The Balaban J connectivity index is 1.76. The van der Waals surface area contributed by atoms with Crippen molar-refractivity contribution in [3.05, 3.63) is 70.9 Å². The van der Waals surface area contributed by atoms with E-state index in [2.05, 4.69) is 27.8 Å². The van der Waals surface area contributed by atoms with Gasteiger partial charge in [0.25, 0.3) is 0 Å². The maximum atomic E-state index is 14.0. The van der Waals surface area contributed by atoms with E-state index in [0.29, 0.717) is 5.56 Å². The van der Waals surface area contributed by atoms with Gasteiger partial charge in [0.2, 0.25) is 0 Å². The molecule has 0 radical (unpaired) electrons. The van der Waals surface area contributed by atoms with Crippen LogP contribution in [-0.2, 0) is 13.0 Å². The van der Waals surface area contributed by atoms with Gasteiger partial charge in [0, 0.05) is 35.7 Å². The summed E-state index contributed by atoms with van der Waals surface area (Å²) in [5.74, 6) is 0.704. The first-order valence-corrected chi connectivity index (χ1v) is 9.40. The maximum Gasteiger partial charge on any atom is 0.144 e. The van der Waals surface area contributed by atoms with Gasteiger partial charge in [0.15, 0.2) is 0 Å². The number of benzene rings is 2. The molecular formula is C22H17ClFN3. The van der Waals surface area contributed by atoms with E-state index in [9.17, 15) is 4.39 Å². The standard InChI is InChI=1S/C22H17ClFN3/c1-13-10-16(12-17(23)20(13)24)21-22(27-9-3-5-19(27)26-21)15-6-7-18-14(11-15)4-2-8-25-18/h2,4,6-8,10-12H,3,5,9H2,1H3. The molecule has 0 atom stereocenters. The molecule has 0 saturated carbocycles. The van der Waals surface area contributed by atoms with Crippen molar-refractivity contribution < 1.29 is 4.39 Å². The molecule has 3 heterocycles. The maximum absolute atomic E-state index is 14.0. The molecule has 27 heavy (non-hydrogen) atoms. The summed E-state index contributed by atoms with van der Waals surface area (Å²) in [6.45, 7) is 2.67. The second-order valence-corrected chi connectivity index (χ2v) is 7.39. The van der Waals surface area contributed by atoms with Crippen molar-refractivity contribution in [1.82, 2.24) is 14.5 Å². The minimum absolute atomic E-state index is 0.131. The molecule has 0 N–H and O–H groups in total. The first-order chi connectivity index (χ1) is 13.1. The van der Waals surface area contributed by atoms with Crippen LogP contribution in [0.5, 0.6) is 0 Å². The lowest BCUT2D eigenvalue weighted by molar-refractivity contribution is 0.619. The average Bonchev–Trinajstić information content (AvgIpc) is 3.26. The molecule has 0 bridgehead atoms. The molecule has 134 valence electrons. The van der Waals surface area contributed by atoms with Gasteiger partial charge in [-0.15, -0.1) is 0 Å². The summed E-state index contributed by atoms with van der Waals surface area (Å²) in [4.78, 5) is 9.30. The topological polar surface area (TPSA) is 30.7 Å². The Labute approximate surface area is 161 Å². The predicted molar refractivity (Wildman–Crippen MR) is 106 cm³/mol. The first-order valence-electron chi connectivity index (χ1n) is 9.02. The van der Waals surface area contributed by atoms with Crippen LogP contribution in [-0.4, -0.2) is 14.5 Å². The molecule has 3 nitrogen and oxygen atoms in total. The molecule has 5 heteroatoms. The fourth-order valence-corrected chi connectivity index (χ4v) is 4.17. The fraction of sp³-hybridized carbons (Fsp3) is 0.182. The van der Waals surface area contributed by atoms with Crippen molar-refractivity contribution in [2.75, 3.05) is 0 Å². The van der Waals surface area contributed by atoms with E-state index in [1.807, 2.05) is 18.2 Å². The van der Waals surface area contributed by atoms with Gasteiger partial charge < -0.3 is 4.57 Å². The Morgan fingerprint density at radius 1 is 1.11 bits per heavy atom. The summed E-state index contributed by atoms with van der Waals surface area (Å²) in [5.41, 5.74) is 5.35. The minimum atomic E-state index is -0.370. The van der Waals surface area contributed by atoms with Gasteiger partial charge >= 0.3 is 0 Å². The molecule has 0 fully saturated rings. The highest BCUT2D eigenvalue weighted by Crippen LogP contribution is 2.38. The molecule has 0 amide bonds. The third-order valence-electron chi connectivity index (χ3n) is 5.19. The lowest BCUT2D eigenvalue weighted by Gasteiger charge is -2.11. The van der Waals surface area contributed by atoms with Crippen LogP contribution in [0.2, 0.25) is 5.02 Å². The van der Waals surface area contributed by atoms with Gasteiger partial charge in [-0.05, 0) is 49.2 Å². The zero-order valence-corrected chi connectivity index (χ0v) is 15.6. The lowest BCUT2D eigenvalue weighted by atomic mass is 10.0. The molecule has 1 aliphatic rings. The van der Waals surface area contributed by atoms with Gasteiger partial charge in [-0.25, -0.2) is 9.37 Å². The smallest absolute Gasteiger partial charge is 0.144 e. The van der Waals surface area contributed by atoms with Crippen LogP contribution in [0.4, 0.5) is 4.39 Å². The molecule has 5 rings (SSSR count). The van der Waals surface area contributed by atoms with E-state index in [1.54, 1.807) is 19.2 Å². The zero-order chi connectivity index (χ0) is 18.5. The minimum Gasteiger partial charge on any atom is -0.327 e. The van der Waals surface area contributed by atoms with Gasteiger partial charge in [-0.3, -0.25) is 4.98 Å². The van der Waals surface area contributed by atoms with Gasteiger partial charge in [0.05, 0.1) is 21.9 Å². The van der Waals surface area contributed by atoms with E-state index in [0.717, 1.165) is 58.6 Å². The Morgan fingerprint density at radius 2 is 2.00 bits per heavy atom. The Kier molecular flexibility index (Phi) is 3.76. The van der Waals surface area contributed by atoms with Gasteiger partial charge in [-0.1, -0.05) is 23.7 Å². The Hall–Kier alpha value is -2.72. The van der Waals surface area contributed by atoms with Crippen LogP contribution in [0.15, 0.2) is 48.7 Å². The van der Waals surface area contributed by atoms with Crippen molar-refractivity contribution in [3.63, 3.8) is 0 Å². The third-order valence-corrected chi connectivity index (χ3v) is 5.46. The van der Waals surface area contributed by atoms with Crippen molar-refractivity contribution in [2.24, 2.45) is 0 Å². The average molecular weight is 378 g/mol. The van der Waals surface area contributed by atoms with Crippen LogP contribution in [0, 0.1) is 12.7 Å². The summed E-state index contributed by atoms with van der Waals surface area (Å²) in [6.07, 6.45) is 3.84. The van der Waals surface area contributed by atoms with Crippen LogP contribution in [0.3, 0.4) is 0 Å². The number of hydrogen-bond acceptors (Lipinski definition) is 2. The summed E-state index contributed by atoms with van der Waals surface area (Å²) >= 11 is 6.12. The van der Waals surface area contributed by atoms with Crippen molar-refractivity contribution in [2.45, 2.75) is 26.3 Å². The SMILES string of the molecule is Cc1cc(-c2nc3n(c2-c2ccc4ncccc4c2)CCC3)cc(Cl)c1F. The van der Waals surface area contributed by atoms with Crippen molar-refractivity contribution in [1.29, 1.82) is 0 Å². The predicted octanol–water partition coefficient (Wildman–Crippen LogP) is 5.81. The number of hydrogen-bond donors (Lipinski definition) is 0. The zero-order valence-electron chi connectivity index (χ0n) is 14.8. The van der Waals surface area contributed by atoms with Crippen LogP contribution < -0.4 is 0 Å². The molecule has 2 aromatic carbocycles. The van der Waals surface area contributed by atoms with Gasteiger partial charge in [-0.2, -0.15) is 0 Å². The number of aromatic nitrogens is 3. The molecular weight excluding hydrogens is 361 g/mol. The number of fused-ring (bicyclic) bond motifs is 2. The molecule has 2 aromatic heterocycles. The van der Waals surface area contributed by atoms with E-state index < -0.39 is 0 Å². The van der Waals surface area contributed by atoms with Crippen molar-refractivity contribution >= 4 is 22.5 Å². The van der Waals surface area contributed by atoms with E-state index >= 15 is 0 Å². The Bertz CT molecular complexity index is 1170. The first kappa shape index (κ1) is 16.5. The van der Waals surface area contributed by atoms with Crippen molar-refractivity contribution in [3.8, 4) is 22.5 Å². The fourth-order valence-electron chi connectivity index (χ4n) is 3.91. The molecule has 1 aliphatic heterocycles. The summed E-state index contributed by atoms with van der Waals surface area (Å²) in [6, 6.07) is 13.8. The second kappa shape index (κ2) is 6.17. The number of rotatable bonds is 2. The number of imidazole rings is 1. The third kappa shape index (κ3) is 2.63. The second-order valence-electron chi connectivity index (χ2n) is 6.98. The van der Waals surface area contributed by atoms with E-state index in [-0.39, 0.29) is 10.8 Å². The summed E-state index contributed by atoms with van der Waals surface area (Å²) in [7, 11) is 0. The van der Waals surface area contributed by atoms with E-state index in [1.165, 1.54) is 0 Å². The van der Waals surface area contributed by atoms with E-state index in [4.69, 9.17) is 16.6 Å². The summed E-state index contributed by atoms with van der Waals surface area (Å²) < 4.78 is 16.3. The largest absolute Gasteiger partial charge is 0.327 e. The van der Waals surface area contributed by atoms with Crippen LogP contribution in [0.25, 0.3) is 33.4 Å². The monoisotopic (exact) mass is 377 g/mol. The molecule has 0 unspecified atom stereocenters. The lowest BCUT2D eigenvalue weighted by Crippen LogP contribution is -1.97. The number of aryl methyl sites for hydroxylation is 2.